The molecule has 1 aromatic rings. The molecule has 1 unspecified atom stereocenters. The molecule has 2 nitrogen and oxygen atoms in total. The maximum atomic E-state index is 10.6. The van der Waals surface area contributed by atoms with Crippen molar-refractivity contribution in [3.05, 3.63) is 29.8 Å². The highest BCUT2D eigenvalue weighted by molar-refractivity contribution is 7.99. The molecule has 0 aliphatic carbocycles. The summed E-state index contributed by atoms with van der Waals surface area (Å²) in [6.07, 6.45) is 0. The number of thioether (sulfide) groups is 1. The largest absolute Gasteiger partial charge is 0.550 e. The van der Waals surface area contributed by atoms with Gasteiger partial charge in [-0.3, -0.25) is 0 Å². The van der Waals surface area contributed by atoms with Gasteiger partial charge < -0.3 is 9.90 Å². The van der Waals surface area contributed by atoms with Crippen molar-refractivity contribution in [2.75, 3.05) is 0 Å². The van der Waals surface area contributed by atoms with Crippen LogP contribution >= 0.6 is 11.8 Å². The molecule has 0 spiro atoms. The lowest BCUT2D eigenvalue weighted by Crippen LogP contribution is -2.27. The molecule has 15 heavy (non-hydrogen) atoms. The molecule has 0 saturated carbocycles. The molecule has 0 N–H and O–H groups in total. The zero-order valence-electron chi connectivity index (χ0n) is 9.19. The first-order valence-corrected chi connectivity index (χ1v) is 5.86. The monoisotopic (exact) mass is 223 g/mol. The second-order valence-electron chi connectivity index (χ2n) is 3.78. The molecular weight excluding hydrogens is 208 g/mol. The lowest BCUT2D eigenvalue weighted by molar-refractivity contribution is -0.307. The third-order valence-electron chi connectivity index (χ3n) is 2.11. The Morgan fingerprint density at radius 2 is 1.73 bits per heavy atom. The summed E-state index contributed by atoms with van der Waals surface area (Å²) in [5, 5.41) is 11.2. The van der Waals surface area contributed by atoms with E-state index in [4.69, 9.17) is 0 Å². The van der Waals surface area contributed by atoms with E-state index in [1.54, 1.807) is 18.7 Å². The minimum absolute atomic E-state index is 0.536. The van der Waals surface area contributed by atoms with Crippen molar-refractivity contribution in [2.24, 2.45) is 0 Å². The standard InChI is InChI=1S/C12H16O2S/c1-8(2)15-11-6-4-10(5-7-11)9(3)12(13)14/h4-9H,1-3H3,(H,13,14)/p-1. The summed E-state index contributed by atoms with van der Waals surface area (Å²) < 4.78 is 0. The smallest absolute Gasteiger partial charge is 0.0486 e. The molecule has 0 aromatic heterocycles. The number of hydrogen-bond acceptors (Lipinski definition) is 3. The Labute approximate surface area is 94.7 Å². The third kappa shape index (κ3) is 3.59. The van der Waals surface area contributed by atoms with E-state index in [1.165, 1.54) is 4.90 Å². The van der Waals surface area contributed by atoms with Gasteiger partial charge in [-0.25, -0.2) is 0 Å². The van der Waals surface area contributed by atoms with Gasteiger partial charge in [0.1, 0.15) is 0 Å². The highest BCUT2D eigenvalue weighted by atomic mass is 32.2. The van der Waals surface area contributed by atoms with Crippen molar-refractivity contribution >= 4 is 17.7 Å². The van der Waals surface area contributed by atoms with Crippen LogP contribution in [0.15, 0.2) is 29.2 Å². The molecule has 0 aliphatic heterocycles. The van der Waals surface area contributed by atoms with E-state index in [-0.39, 0.29) is 0 Å². The zero-order valence-corrected chi connectivity index (χ0v) is 10.0. The highest BCUT2D eigenvalue weighted by Gasteiger charge is 2.06. The number of aliphatic carboxylic acids is 1. The summed E-state index contributed by atoms with van der Waals surface area (Å²) in [6.45, 7) is 5.89. The zero-order chi connectivity index (χ0) is 11.4. The van der Waals surface area contributed by atoms with E-state index < -0.39 is 11.9 Å². The van der Waals surface area contributed by atoms with Crippen molar-refractivity contribution < 1.29 is 9.90 Å². The number of rotatable bonds is 4. The van der Waals surface area contributed by atoms with Crippen LogP contribution in [0.4, 0.5) is 0 Å². The Morgan fingerprint density at radius 3 is 2.13 bits per heavy atom. The van der Waals surface area contributed by atoms with Gasteiger partial charge in [0.2, 0.25) is 0 Å². The Morgan fingerprint density at radius 1 is 1.20 bits per heavy atom. The van der Waals surface area contributed by atoms with Crippen LogP contribution in [0.25, 0.3) is 0 Å². The predicted octanol–water partition coefficient (Wildman–Crippen LogP) is 2.04. The average molecular weight is 223 g/mol. The van der Waals surface area contributed by atoms with E-state index >= 15 is 0 Å². The van der Waals surface area contributed by atoms with Crippen LogP contribution in [-0.4, -0.2) is 11.2 Å². The fourth-order valence-corrected chi connectivity index (χ4v) is 2.08. The van der Waals surface area contributed by atoms with Gasteiger partial charge in [-0.05, 0) is 17.7 Å². The van der Waals surface area contributed by atoms with E-state index in [0.717, 1.165) is 5.56 Å². The van der Waals surface area contributed by atoms with Crippen LogP contribution in [0.1, 0.15) is 32.3 Å². The number of hydrogen-bond donors (Lipinski definition) is 0. The number of carbonyl (C=O) groups is 1. The van der Waals surface area contributed by atoms with Crippen molar-refractivity contribution in [2.45, 2.75) is 36.8 Å². The van der Waals surface area contributed by atoms with Crippen LogP contribution < -0.4 is 5.11 Å². The summed E-state index contributed by atoms with van der Waals surface area (Å²) >= 11 is 1.76. The molecule has 0 bridgehead atoms. The summed E-state index contributed by atoms with van der Waals surface area (Å²) in [4.78, 5) is 11.8. The first kappa shape index (κ1) is 12.1. The molecule has 0 fully saturated rings. The summed E-state index contributed by atoms with van der Waals surface area (Å²) in [6, 6.07) is 7.62. The molecule has 1 atom stereocenters. The van der Waals surface area contributed by atoms with Gasteiger partial charge in [0, 0.05) is 22.0 Å². The van der Waals surface area contributed by atoms with Crippen molar-refractivity contribution in [3.63, 3.8) is 0 Å². The van der Waals surface area contributed by atoms with Crippen LogP contribution in [0.3, 0.4) is 0 Å². The van der Waals surface area contributed by atoms with Gasteiger partial charge in [-0.15, -0.1) is 11.8 Å². The molecule has 1 aromatic carbocycles. The maximum Gasteiger partial charge on any atom is 0.0486 e. The lowest BCUT2D eigenvalue weighted by atomic mass is 10.0. The number of carboxylic acid groups (broad SMARTS) is 1. The van der Waals surface area contributed by atoms with Crippen molar-refractivity contribution in [1.82, 2.24) is 0 Å². The molecule has 0 amide bonds. The summed E-state index contributed by atoms with van der Waals surface area (Å²) in [7, 11) is 0. The molecule has 0 heterocycles. The predicted molar refractivity (Wildman–Crippen MR) is 60.9 cm³/mol. The van der Waals surface area contributed by atoms with E-state index in [1.807, 2.05) is 24.3 Å². The molecule has 3 heteroatoms. The Hall–Kier alpha value is -0.960. The van der Waals surface area contributed by atoms with Crippen molar-refractivity contribution in [3.8, 4) is 0 Å². The van der Waals surface area contributed by atoms with Gasteiger partial charge in [0.05, 0.1) is 0 Å². The van der Waals surface area contributed by atoms with E-state index in [0.29, 0.717) is 5.25 Å². The fourth-order valence-electron chi connectivity index (χ4n) is 1.24. The topological polar surface area (TPSA) is 40.1 Å². The SMILES string of the molecule is CC(C)Sc1ccc(C(C)C(=O)[O-])cc1. The third-order valence-corrected chi connectivity index (χ3v) is 3.12. The second kappa shape index (κ2) is 5.21. The lowest BCUT2D eigenvalue weighted by Gasteiger charge is -2.13. The van der Waals surface area contributed by atoms with E-state index in [2.05, 4.69) is 13.8 Å². The number of carbonyl (C=O) groups excluding carboxylic acids is 1. The molecule has 82 valence electrons. The first-order chi connectivity index (χ1) is 7.00. The molecule has 0 saturated heterocycles. The van der Waals surface area contributed by atoms with Gasteiger partial charge >= 0.3 is 0 Å². The molecule has 1 rings (SSSR count). The Kier molecular flexibility index (Phi) is 4.21. The van der Waals surface area contributed by atoms with Gasteiger partial charge in [-0.1, -0.05) is 32.9 Å². The molecule has 0 aliphatic rings. The first-order valence-electron chi connectivity index (χ1n) is 4.98. The van der Waals surface area contributed by atoms with Gasteiger partial charge in [0.25, 0.3) is 0 Å². The minimum Gasteiger partial charge on any atom is -0.550 e. The number of carboxylic acids is 1. The highest BCUT2D eigenvalue weighted by Crippen LogP contribution is 2.24. The second-order valence-corrected chi connectivity index (χ2v) is 5.43. The van der Waals surface area contributed by atoms with E-state index in [9.17, 15) is 9.90 Å². The summed E-state index contributed by atoms with van der Waals surface area (Å²) in [5.74, 6) is -1.57. The number of benzene rings is 1. The van der Waals surface area contributed by atoms with Crippen LogP contribution in [-0.2, 0) is 4.79 Å². The Bertz CT molecular complexity index is 330. The van der Waals surface area contributed by atoms with Crippen LogP contribution in [0.2, 0.25) is 0 Å². The molecule has 0 radical (unpaired) electrons. The maximum absolute atomic E-state index is 10.6. The van der Waals surface area contributed by atoms with Crippen molar-refractivity contribution in [1.29, 1.82) is 0 Å². The van der Waals surface area contributed by atoms with Crippen LogP contribution in [0, 0.1) is 0 Å². The normalized spacial score (nSPS) is 12.8. The average Bonchev–Trinajstić information content (AvgIpc) is 2.17. The quantitative estimate of drug-likeness (QED) is 0.733. The van der Waals surface area contributed by atoms with Crippen LogP contribution in [0.5, 0.6) is 0 Å². The Balaban J connectivity index is 2.76. The molecular formula is C12H15O2S-. The minimum atomic E-state index is -1.03. The van der Waals surface area contributed by atoms with Gasteiger partial charge in [-0.2, -0.15) is 0 Å². The van der Waals surface area contributed by atoms with Gasteiger partial charge in [0.15, 0.2) is 0 Å². The fraction of sp³-hybridized carbons (Fsp3) is 0.417. The summed E-state index contributed by atoms with van der Waals surface area (Å²) in [5.41, 5.74) is 0.795.